The first-order valence-corrected chi connectivity index (χ1v) is 12.1. The number of sulfonamides is 1. The largest absolute Gasteiger partial charge is 0.373 e. The first-order valence-electron chi connectivity index (χ1n) is 10.5. The highest BCUT2D eigenvalue weighted by Crippen LogP contribution is 2.23. The van der Waals surface area contributed by atoms with Crippen molar-refractivity contribution in [3.05, 3.63) is 77.4 Å². The molecule has 4 rings (SSSR count). The summed E-state index contributed by atoms with van der Waals surface area (Å²) in [5.74, 6) is -0.700. The Morgan fingerprint density at radius 2 is 1.78 bits per heavy atom. The molecule has 9 heteroatoms. The maximum Gasteiger partial charge on any atom is 0.238 e. The van der Waals surface area contributed by atoms with Crippen molar-refractivity contribution in [2.45, 2.75) is 43.9 Å². The standard InChI is InChI=1S/C23H27FN4O3S/c1-16-13-27(14-17(2)31-16)15-19-11-20(10-18-6-4-3-5-7-18)28(26-19)23-9-8-21(12-22(23)24)32(25,29)30/h3-9,11-12,16-17H,10,13-15H2,1-2H3,(H2,25,29,30). The van der Waals surface area contributed by atoms with E-state index in [2.05, 4.69) is 10.00 Å². The van der Waals surface area contributed by atoms with Crippen molar-refractivity contribution in [1.29, 1.82) is 0 Å². The van der Waals surface area contributed by atoms with Crippen molar-refractivity contribution < 1.29 is 17.5 Å². The molecule has 1 saturated heterocycles. The van der Waals surface area contributed by atoms with Gasteiger partial charge in [0, 0.05) is 31.7 Å². The summed E-state index contributed by atoms with van der Waals surface area (Å²) < 4.78 is 45.5. The molecule has 1 aliphatic rings. The molecule has 0 bridgehead atoms. The van der Waals surface area contributed by atoms with E-state index in [0.717, 1.165) is 36.1 Å². The zero-order chi connectivity index (χ0) is 22.9. The molecule has 0 amide bonds. The second-order valence-corrected chi connectivity index (χ2v) is 9.87. The second-order valence-electron chi connectivity index (χ2n) is 8.31. The summed E-state index contributed by atoms with van der Waals surface area (Å²) in [6.45, 7) is 6.30. The highest BCUT2D eigenvalue weighted by Gasteiger charge is 2.24. The van der Waals surface area contributed by atoms with Crippen LogP contribution < -0.4 is 5.14 Å². The average Bonchev–Trinajstić information content (AvgIpc) is 3.09. The number of primary sulfonamides is 1. The molecule has 2 unspecified atom stereocenters. The quantitative estimate of drug-likeness (QED) is 0.614. The maximum atomic E-state index is 14.9. The molecule has 2 atom stereocenters. The third-order valence-corrected chi connectivity index (χ3v) is 6.33. The molecular formula is C23H27FN4O3S. The highest BCUT2D eigenvalue weighted by atomic mass is 32.2. The summed E-state index contributed by atoms with van der Waals surface area (Å²) in [4.78, 5) is 2.00. The Balaban J connectivity index is 1.70. The van der Waals surface area contributed by atoms with Gasteiger partial charge in [-0.05, 0) is 43.7 Å². The number of morpholine rings is 1. The highest BCUT2D eigenvalue weighted by molar-refractivity contribution is 7.89. The zero-order valence-electron chi connectivity index (χ0n) is 18.1. The summed E-state index contributed by atoms with van der Waals surface area (Å²) in [6.07, 6.45) is 0.820. The van der Waals surface area contributed by atoms with Crippen LogP contribution in [0.15, 0.2) is 59.5 Å². The maximum absolute atomic E-state index is 14.9. The van der Waals surface area contributed by atoms with Crippen molar-refractivity contribution in [2.24, 2.45) is 5.14 Å². The molecule has 7 nitrogen and oxygen atoms in total. The van der Waals surface area contributed by atoms with Gasteiger partial charge in [-0.3, -0.25) is 4.90 Å². The van der Waals surface area contributed by atoms with Crippen LogP contribution in [0.2, 0.25) is 0 Å². The lowest BCUT2D eigenvalue weighted by atomic mass is 10.1. The number of rotatable bonds is 6. The van der Waals surface area contributed by atoms with Gasteiger partial charge in [-0.25, -0.2) is 22.6 Å². The van der Waals surface area contributed by atoms with Crippen LogP contribution in [0.3, 0.4) is 0 Å². The van der Waals surface area contributed by atoms with Gasteiger partial charge in [0.15, 0.2) is 0 Å². The second kappa shape index (κ2) is 9.11. The fourth-order valence-electron chi connectivity index (χ4n) is 4.17. The number of nitrogens with two attached hydrogens (primary N) is 1. The van der Waals surface area contributed by atoms with E-state index in [4.69, 9.17) is 9.88 Å². The van der Waals surface area contributed by atoms with Gasteiger partial charge >= 0.3 is 0 Å². The van der Waals surface area contributed by atoms with Crippen LogP contribution in [0.5, 0.6) is 0 Å². The van der Waals surface area contributed by atoms with Gasteiger partial charge in [-0.15, -0.1) is 0 Å². The Morgan fingerprint density at radius 3 is 2.41 bits per heavy atom. The van der Waals surface area contributed by atoms with Crippen molar-refractivity contribution in [3.63, 3.8) is 0 Å². The molecular weight excluding hydrogens is 431 g/mol. The molecule has 2 heterocycles. The number of hydrogen-bond acceptors (Lipinski definition) is 5. The van der Waals surface area contributed by atoms with Crippen LogP contribution in [0, 0.1) is 5.82 Å². The summed E-state index contributed by atoms with van der Waals surface area (Å²) >= 11 is 0. The Labute approximate surface area is 187 Å². The smallest absolute Gasteiger partial charge is 0.238 e. The van der Waals surface area contributed by atoms with Crippen LogP contribution in [-0.4, -0.2) is 48.4 Å². The number of ether oxygens (including phenoxy) is 1. The lowest BCUT2D eigenvalue weighted by molar-refractivity contribution is -0.0707. The Kier molecular flexibility index (Phi) is 6.43. The van der Waals surface area contributed by atoms with E-state index in [-0.39, 0.29) is 22.8 Å². The molecule has 1 aromatic heterocycles. The van der Waals surface area contributed by atoms with Gasteiger partial charge in [-0.2, -0.15) is 5.10 Å². The predicted octanol–water partition coefficient (Wildman–Crippen LogP) is 2.86. The number of benzene rings is 2. The normalized spacial score (nSPS) is 19.9. The molecule has 2 aromatic carbocycles. The van der Waals surface area contributed by atoms with Gasteiger partial charge < -0.3 is 4.74 Å². The summed E-state index contributed by atoms with van der Waals surface area (Å²) in [6, 6.07) is 15.5. The van der Waals surface area contributed by atoms with E-state index in [1.807, 2.05) is 50.2 Å². The molecule has 0 saturated carbocycles. The van der Waals surface area contributed by atoms with Crippen LogP contribution in [-0.2, 0) is 27.7 Å². The summed E-state index contributed by atoms with van der Waals surface area (Å²) in [5, 5.41) is 9.83. The molecule has 2 N–H and O–H groups in total. The number of aromatic nitrogens is 2. The number of hydrogen-bond donors (Lipinski definition) is 1. The van der Waals surface area contributed by atoms with Crippen LogP contribution in [0.4, 0.5) is 4.39 Å². The van der Waals surface area contributed by atoms with Crippen molar-refractivity contribution in [1.82, 2.24) is 14.7 Å². The number of nitrogens with zero attached hydrogens (tertiary/aromatic N) is 3. The van der Waals surface area contributed by atoms with E-state index in [1.165, 1.54) is 12.1 Å². The molecule has 32 heavy (non-hydrogen) atoms. The van der Waals surface area contributed by atoms with Crippen LogP contribution in [0.25, 0.3) is 5.69 Å². The van der Waals surface area contributed by atoms with E-state index < -0.39 is 15.8 Å². The Hall–Kier alpha value is -2.59. The lowest BCUT2D eigenvalue weighted by Gasteiger charge is -2.34. The van der Waals surface area contributed by atoms with Gasteiger partial charge in [0.2, 0.25) is 10.0 Å². The molecule has 0 aliphatic carbocycles. The molecule has 0 spiro atoms. The lowest BCUT2D eigenvalue weighted by Crippen LogP contribution is -2.44. The SMILES string of the molecule is CC1CN(Cc2cc(Cc3ccccc3)n(-c3ccc(S(N)(=O)=O)cc3F)n2)CC(C)O1. The first kappa shape index (κ1) is 22.6. The molecule has 3 aromatic rings. The zero-order valence-corrected chi connectivity index (χ0v) is 18.9. The average molecular weight is 459 g/mol. The van der Waals surface area contributed by atoms with Gasteiger partial charge in [0.05, 0.1) is 22.8 Å². The molecule has 170 valence electrons. The van der Waals surface area contributed by atoms with E-state index in [0.29, 0.717) is 13.0 Å². The van der Waals surface area contributed by atoms with Crippen molar-refractivity contribution in [2.75, 3.05) is 13.1 Å². The van der Waals surface area contributed by atoms with Gasteiger partial charge in [0.25, 0.3) is 0 Å². The van der Waals surface area contributed by atoms with E-state index in [1.54, 1.807) is 4.68 Å². The predicted molar refractivity (Wildman–Crippen MR) is 119 cm³/mol. The van der Waals surface area contributed by atoms with Crippen LogP contribution >= 0.6 is 0 Å². The minimum atomic E-state index is -4.00. The summed E-state index contributed by atoms with van der Waals surface area (Å²) in [5.41, 5.74) is 2.86. The van der Waals surface area contributed by atoms with E-state index >= 15 is 0 Å². The Morgan fingerprint density at radius 1 is 1.09 bits per heavy atom. The molecule has 0 radical (unpaired) electrons. The van der Waals surface area contributed by atoms with Crippen molar-refractivity contribution >= 4 is 10.0 Å². The molecule has 1 fully saturated rings. The monoisotopic (exact) mass is 458 g/mol. The minimum absolute atomic E-state index is 0.132. The fraction of sp³-hybridized carbons (Fsp3) is 0.348. The van der Waals surface area contributed by atoms with Crippen LogP contribution in [0.1, 0.15) is 30.8 Å². The van der Waals surface area contributed by atoms with Gasteiger partial charge in [0.1, 0.15) is 11.5 Å². The summed E-state index contributed by atoms with van der Waals surface area (Å²) in [7, 11) is -4.00. The van der Waals surface area contributed by atoms with E-state index in [9.17, 15) is 12.8 Å². The Bertz CT molecular complexity index is 1190. The number of halogens is 1. The molecule has 1 aliphatic heterocycles. The first-order chi connectivity index (χ1) is 15.2. The third-order valence-electron chi connectivity index (χ3n) is 5.42. The van der Waals surface area contributed by atoms with Crippen molar-refractivity contribution in [3.8, 4) is 5.69 Å². The third kappa shape index (κ3) is 5.24. The minimum Gasteiger partial charge on any atom is -0.373 e. The van der Waals surface area contributed by atoms with Gasteiger partial charge in [-0.1, -0.05) is 30.3 Å². The topological polar surface area (TPSA) is 90.5 Å². The fourth-order valence-corrected chi connectivity index (χ4v) is 4.70.